The van der Waals surface area contributed by atoms with Crippen molar-refractivity contribution in [1.29, 1.82) is 0 Å². The second-order valence-electron chi connectivity index (χ2n) is 3.21. The number of halogens is 1. The minimum atomic E-state index is -0.230. The minimum Gasteiger partial charge on any atom is -0.370 e. The first-order valence-corrected chi connectivity index (χ1v) is 5.62. The van der Waals surface area contributed by atoms with Gasteiger partial charge in [0.05, 0.1) is 6.61 Å². The van der Waals surface area contributed by atoms with Crippen LogP contribution >= 0.6 is 15.9 Å². The molecule has 1 heterocycles. The lowest BCUT2D eigenvalue weighted by Crippen LogP contribution is -2.21. The van der Waals surface area contributed by atoms with Crippen LogP contribution in [-0.2, 0) is 9.53 Å². The van der Waals surface area contributed by atoms with Gasteiger partial charge in [-0.1, -0.05) is 0 Å². The van der Waals surface area contributed by atoms with Crippen molar-refractivity contribution in [2.24, 2.45) is 5.73 Å². The molecule has 1 amide bonds. The maximum Gasteiger partial charge on any atom is 0.251 e. The summed E-state index contributed by atoms with van der Waals surface area (Å²) >= 11 is 3.30. The molecule has 1 aromatic rings. The number of carbonyl (C=O) groups is 1. The number of amides is 1. The van der Waals surface area contributed by atoms with Gasteiger partial charge in [0.2, 0.25) is 0 Å². The van der Waals surface area contributed by atoms with E-state index in [1.165, 1.54) is 0 Å². The zero-order valence-electron chi connectivity index (χ0n) is 9.00. The molecule has 0 aliphatic carbocycles. The molecule has 0 unspecified atom stereocenters. The van der Waals surface area contributed by atoms with Gasteiger partial charge in [0.1, 0.15) is 12.4 Å². The largest absolute Gasteiger partial charge is 0.370 e. The number of pyridine rings is 1. The molecule has 5 nitrogen and oxygen atoms in total. The first-order valence-electron chi connectivity index (χ1n) is 4.83. The summed E-state index contributed by atoms with van der Waals surface area (Å²) in [6.45, 7) is 2.64. The van der Waals surface area contributed by atoms with Crippen molar-refractivity contribution in [3.05, 3.63) is 22.3 Å². The van der Waals surface area contributed by atoms with Crippen molar-refractivity contribution >= 4 is 27.7 Å². The molecular weight excluding hydrogens is 274 g/mol. The van der Waals surface area contributed by atoms with Crippen LogP contribution in [0, 0.1) is 6.92 Å². The van der Waals surface area contributed by atoms with Gasteiger partial charge in [-0.05, 0) is 34.5 Å². The number of nitrogens with zero attached hydrogens (tertiary/aromatic N) is 1. The summed E-state index contributed by atoms with van der Waals surface area (Å²) in [6.07, 6.45) is 1.63. The van der Waals surface area contributed by atoms with Crippen LogP contribution in [-0.4, -0.2) is 30.6 Å². The van der Waals surface area contributed by atoms with Crippen molar-refractivity contribution in [2.45, 2.75) is 6.92 Å². The van der Waals surface area contributed by atoms with Crippen LogP contribution in [0.3, 0.4) is 0 Å². The third-order valence-electron chi connectivity index (χ3n) is 1.80. The average Bonchev–Trinajstić information content (AvgIpc) is 2.23. The third kappa shape index (κ3) is 4.26. The van der Waals surface area contributed by atoms with E-state index < -0.39 is 0 Å². The molecule has 1 aromatic heterocycles. The number of hydrogen-bond donors (Lipinski definition) is 2. The van der Waals surface area contributed by atoms with Crippen LogP contribution in [0.4, 0.5) is 5.82 Å². The molecule has 16 heavy (non-hydrogen) atoms. The van der Waals surface area contributed by atoms with E-state index in [0.717, 1.165) is 10.0 Å². The summed E-state index contributed by atoms with van der Waals surface area (Å²) in [5.41, 5.74) is 6.12. The monoisotopic (exact) mass is 287 g/mol. The van der Waals surface area contributed by atoms with Crippen LogP contribution < -0.4 is 11.1 Å². The quantitative estimate of drug-likeness (QED) is 0.794. The van der Waals surface area contributed by atoms with Gasteiger partial charge in [-0.3, -0.25) is 4.79 Å². The van der Waals surface area contributed by atoms with Crippen LogP contribution in [0.25, 0.3) is 0 Å². The van der Waals surface area contributed by atoms with Gasteiger partial charge >= 0.3 is 0 Å². The van der Waals surface area contributed by atoms with Crippen LogP contribution in [0.1, 0.15) is 5.56 Å². The van der Waals surface area contributed by atoms with Crippen molar-refractivity contribution in [3.8, 4) is 0 Å². The Balaban J connectivity index is 2.49. The molecule has 6 heteroatoms. The van der Waals surface area contributed by atoms with E-state index in [4.69, 9.17) is 10.5 Å². The molecule has 0 aliphatic heterocycles. The second kappa shape index (κ2) is 6.57. The Morgan fingerprint density at radius 3 is 3.06 bits per heavy atom. The van der Waals surface area contributed by atoms with E-state index in [0.29, 0.717) is 19.0 Å². The van der Waals surface area contributed by atoms with Crippen LogP contribution in [0.5, 0.6) is 0 Å². The summed E-state index contributed by atoms with van der Waals surface area (Å²) in [4.78, 5) is 15.5. The number of nitrogens with two attached hydrogens (primary N) is 1. The Morgan fingerprint density at radius 1 is 1.69 bits per heavy atom. The number of rotatable bonds is 5. The van der Waals surface area contributed by atoms with Crippen molar-refractivity contribution in [3.63, 3.8) is 0 Å². The summed E-state index contributed by atoms with van der Waals surface area (Å²) < 4.78 is 5.88. The molecular formula is C10H14BrN3O2. The number of aromatic nitrogens is 1. The van der Waals surface area contributed by atoms with Gasteiger partial charge in [0, 0.05) is 17.2 Å². The summed E-state index contributed by atoms with van der Waals surface area (Å²) in [5, 5.41) is 2.66. The predicted octanol–water partition coefficient (Wildman–Crippen LogP) is 1.07. The maximum absolute atomic E-state index is 11.4. The van der Waals surface area contributed by atoms with Crippen molar-refractivity contribution in [1.82, 2.24) is 4.98 Å². The van der Waals surface area contributed by atoms with Gasteiger partial charge < -0.3 is 15.8 Å². The molecule has 0 fully saturated rings. The number of hydrogen-bond acceptors (Lipinski definition) is 4. The summed E-state index contributed by atoms with van der Waals surface area (Å²) in [5.74, 6) is 0.316. The Kier molecular flexibility index (Phi) is 5.37. The molecule has 0 bridgehead atoms. The molecule has 0 atom stereocenters. The fourth-order valence-electron chi connectivity index (χ4n) is 1.09. The van der Waals surface area contributed by atoms with Crippen molar-refractivity contribution in [2.75, 3.05) is 25.1 Å². The van der Waals surface area contributed by atoms with Crippen LogP contribution in [0.2, 0.25) is 0 Å². The van der Waals surface area contributed by atoms with E-state index >= 15 is 0 Å². The molecule has 0 radical (unpaired) electrons. The van der Waals surface area contributed by atoms with Crippen LogP contribution in [0.15, 0.2) is 16.7 Å². The topological polar surface area (TPSA) is 77.2 Å². The van der Waals surface area contributed by atoms with Gasteiger partial charge in [-0.2, -0.15) is 0 Å². The van der Waals surface area contributed by atoms with E-state index in [9.17, 15) is 4.79 Å². The molecule has 0 aliphatic rings. The summed E-state index contributed by atoms with van der Waals surface area (Å²) in [6, 6.07) is 1.88. The van der Waals surface area contributed by atoms with E-state index in [1.807, 2.05) is 13.0 Å². The Labute approximate surface area is 103 Å². The Hall–Kier alpha value is -0.980. The molecule has 1 rings (SSSR count). The maximum atomic E-state index is 11.4. The Morgan fingerprint density at radius 2 is 2.44 bits per heavy atom. The van der Waals surface area contributed by atoms with E-state index in [-0.39, 0.29) is 12.5 Å². The zero-order valence-corrected chi connectivity index (χ0v) is 10.6. The number of aryl methyl sites for hydroxylation is 1. The zero-order chi connectivity index (χ0) is 12.0. The number of ether oxygens (including phenoxy) is 1. The lowest BCUT2D eigenvalue weighted by molar-refractivity contribution is -0.120. The van der Waals surface area contributed by atoms with Gasteiger partial charge in [0.25, 0.3) is 5.91 Å². The fraction of sp³-hybridized carbons (Fsp3) is 0.400. The SMILES string of the molecule is Cc1cc(Br)cnc1NC(=O)COCCN. The number of anilines is 1. The minimum absolute atomic E-state index is 0.00557. The average molecular weight is 288 g/mol. The standard InChI is InChI=1S/C10H14BrN3O2/c1-7-4-8(11)5-13-10(7)14-9(15)6-16-3-2-12/h4-5H,2-3,6,12H2,1H3,(H,13,14,15). The smallest absolute Gasteiger partial charge is 0.251 e. The highest BCUT2D eigenvalue weighted by Gasteiger charge is 2.06. The van der Waals surface area contributed by atoms with E-state index in [1.54, 1.807) is 6.20 Å². The normalized spacial score (nSPS) is 10.2. The van der Waals surface area contributed by atoms with Gasteiger partial charge in [-0.15, -0.1) is 0 Å². The highest BCUT2D eigenvalue weighted by molar-refractivity contribution is 9.10. The molecule has 0 saturated carbocycles. The Bertz CT molecular complexity index is 371. The number of carbonyl (C=O) groups excluding carboxylic acids is 1. The number of nitrogens with one attached hydrogen (secondary N) is 1. The molecule has 88 valence electrons. The second-order valence-corrected chi connectivity index (χ2v) is 4.12. The molecule has 0 aromatic carbocycles. The molecule has 3 N–H and O–H groups in total. The fourth-order valence-corrected chi connectivity index (χ4v) is 1.53. The molecule has 0 saturated heterocycles. The van der Waals surface area contributed by atoms with Crippen molar-refractivity contribution < 1.29 is 9.53 Å². The van der Waals surface area contributed by atoms with Gasteiger partial charge in [0.15, 0.2) is 0 Å². The summed E-state index contributed by atoms with van der Waals surface area (Å²) in [7, 11) is 0. The highest BCUT2D eigenvalue weighted by atomic mass is 79.9. The predicted molar refractivity (Wildman–Crippen MR) is 65.2 cm³/mol. The lowest BCUT2D eigenvalue weighted by Gasteiger charge is -2.07. The third-order valence-corrected chi connectivity index (χ3v) is 2.23. The van der Waals surface area contributed by atoms with Gasteiger partial charge in [-0.25, -0.2) is 4.98 Å². The van der Waals surface area contributed by atoms with E-state index in [2.05, 4.69) is 26.2 Å². The molecule has 0 spiro atoms. The first kappa shape index (κ1) is 13.1. The lowest BCUT2D eigenvalue weighted by atomic mass is 10.3. The first-order chi connectivity index (χ1) is 7.63. The highest BCUT2D eigenvalue weighted by Crippen LogP contribution is 2.16.